The van der Waals surface area contributed by atoms with Gasteiger partial charge in [0.25, 0.3) is 0 Å². The number of methoxy groups -OCH3 is 2. The van der Waals surface area contributed by atoms with Crippen LogP contribution in [0.1, 0.15) is 55.2 Å². The molecule has 0 bridgehead atoms. The normalized spacial score (nSPS) is 18.6. The minimum Gasteiger partial charge on any atom is -0.496 e. The minimum atomic E-state index is 0.117. The Bertz CT molecular complexity index is 2140. The lowest BCUT2D eigenvalue weighted by atomic mass is 9.86. The van der Waals surface area contributed by atoms with Gasteiger partial charge in [-0.15, -0.1) is 0 Å². The van der Waals surface area contributed by atoms with E-state index in [0.717, 1.165) is 99.7 Å². The number of carbonyl (C=O) groups excluding carboxylic acids is 2. The van der Waals surface area contributed by atoms with Crippen LogP contribution < -0.4 is 20.1 Å². The van der Waals surface area contributed by atoms with Crippen molar-refractivity contribution in [1.29, 1.82) is 0 Å². The van der Waals surface area contributed by atoms with E-state index in [0.29, 0.717) is 48.7 Å². The summed E-state index contributed by atoms with van der Waals surface area (Å²) < 4.78 is 13.6. The Kier molecular flexibility index (Phi) is 11.9. The van der Waals surface area contributed by atoms with E-state index in [1.54, 1.807) is 14.2 Å². The number of halogens is 2. The maximum Gasteiger partial charge on any atom is 0.220 e. The summed E-state index contributed by atoms with van der Waals surface area (Å²) in [6, 6.07) is 23.1. The molecule has 2 fully saturated rings. The second-order valence-electron chi connectivity index (χ2n) is 14.5. The van der Waals surface area contributed by atoms with Crippen LogP contribution in [0, 0.1) is 5.92 Å². The van der Waals surface area contributed by atoms with E-state index in [-0.39, 0.29) is 17.9 Å². The highest BCUT2D eigenvalue weighted by Crippen LogP contribution is 2.41. The predicted octanol–water partition coefficient (Wildman–Crippen LogP) is 8.30. The molecule has 2 aliphatic rings. The summed E-state index contributed by atoms with van der Waals surface area (Å²) in [5.41, 5.74) is 7.71. The Labute approximate surface area is 326 Å². The molecule has 11 heteroatoms. The van der Waals surface area contributed by atoms with Crippen LogP contribution in [-0.2, 0) is 29.2 Å². The van der Waals surface area contributed by atoms with Crippen molar-refractivity contribution in [2.24, 2.45) is 5.92 Å². The Morgan fingerprint density at radius 2 is 1.65 bits per heavy atom. The second-order valence-corrected chi connectivity index (χ2v) is 15.3. The number of hydrogen-bond acceptors (Lipinski definition) is 7. The summed E-state index contributed by atoms with van der Waals surface area (Å²) in [4.78, 5) is 25.1. The SMILES string of the molecule is COc1cc(-c2cccc(-c3cccc4c3cnn4Cc3cc(OC)c(CN(C)C4CCC(C=O)CC4)cc3Cl)c2Cl)ccc1CNCC1CCC(=O)N1. The van der Waals surface area contributed by atoms with Crippen molar-refractivity contribution in [2.75, 3.05) is 27.8 Å². The van der Waals surface area contributed by atoms with Gasteiger partial charge in [-0.05, 0) is 80.1 Å². The quantitative estimate of drug-likeness (QED) is 0.110. The average molecular weight is 769 g/mol. The van der Waals surface area contributed by atoms with Crippen LogP contribution in [0.25, 0.3) is 33.2 Å². The molecule has 5 aromatic rings. The Balaban J connectivity index is 1.09. The van der Waals surface area contributed by atoms with Crippen LogP contribution in [0.3, 0.4) is 0 Å². The van der Waals surface area contributed by atoms with Gasteiger partial charge in [0.05, 0.1) is 37.5 Å². The molecule has 9 nitrogen and oxygen atoms in total. The average Bonchev–Trinajstić information content (AvgIpc) is 3.81. The predicted molar refractivity (Wildman–Crippen MR) is 215 cm³/mol. The number of aldehydes is 1. The maximum atomic E-state index is 11.6. The monoisotopic (exact) mass is 767 g/mol. The van der Waals surface area contributed by atoms with Gasteiger partial charge in [0.15, 0.2) is 0 Å². The number of aromatic nitrogens is 2. The number of ether oxygens (including phenoxy) is 2. The molecular formula is C43H47Cl2N5O4. The highest BCUT2D eigenvalue weighted by atomic mass is 35.5. The van der Waals surface area contributed by atoms with Crippen LogP contribution in [0.4, 0.5) is 0 Å². The van der Waals surface area contributed by atoms with Gasteiger partial charge in [-0.3, -0.25) is 14.4 Å². The highest BCUT2D eigenvalue weighted by molar-refractivity contribution is 6.36. The molecule has 282 valence electrons. The van der Waals surface area contributed by atoms with E-state index < -0.39 is 0 Å². The van der Waals surface area contributed by atoms with Crippen molar-refractivity contribution in [3.8, 4) is 33.8 Å². The van der Waals surface area contributed by atoms with Gasteiger partial charge in [-0.25, -0.2) is 0 Å². The maximum absolute atomic E-state index is 11.6. The van der Waals surface area contributed by atoms with E-state index in [1.807, 2.05) is 53.3 Å². The molecule has 1 aromatic heterocycles. The number of hydrogen-bond donors (Lipinski definition) is 2. The van der Waals surface area contributed by atoms with Crippen molar-refractivity contribution in [3.05, 3.63) is 99.7 Å². The summed E-state index contributed by atoms with van der Waals surface area (Å²) in [6.45, 7) is 2.52. The zero-order valence-corrected chi connectivity index (χ0v) is 32.6. The van der Waals surface area contributed by atoms with Crippen LogP contribution >= 0.6 is 23.2 Å². The summed E-state index contributed by atoms with van der Waals surface area (Å²) in [7, 11) is 5.51. The van der Waals surface area contributed by atoms with Crippen LogP contribution in [0.5, 0.6) is 11.5 Å². The van der Waals surface area contributed by atoms with Crippen molar-refractivity contribution < 1.29 is 19.1 Å². The third kappa shape index (κ3) is 8.15. The van der Waals surface area contributed by atoms with Crippen molar-refractivity contribution >= 4 is 46.3 Å². The molecule has 1 saturated carbocycles. The molecule has 2 heterocycles. The molecule has 2 N–H and O–H groups in total. The Hall–Kier alpha value is -4.41. The van der Waals surface area contributed by atoms with Gasteiger partial charge in [-0.1, -0.05) is 65.7 Å². The molecule has 1 saturated heterocycles. The molecule has 1 aliphatic heterocycles. The highest BCUT2D eigenvalue weighted by Gasteiger charge is 2.25. The summed E-state index contributed by atoms with van der Waals surface area (Å²) in [5, 5.41) is 13.6. The minimum absolute atomic E-state index is 0.117. The zero-order chi connectivity index (χ0) is 37.8. The lowest BCUT2D eigenvalue weighted by Gasteiger charge is -2.33. The molecule has 0 radical (unpaired) electrons. The first kappa shape index (κ1) is 37.9. The fourth-order valence-electron chi connectivity index (χ4n) is 8.01. The number of nitrogens with zero attached hydrogens (tertiary/aromatic N) is 3. The third-order valence-corrected chi connectivity index (χ3v) is 11.9. The van der Waals surface area contributed by atoms with Gasteiger partial charge in [-0.2, -0.15) is 5.10 Å². The van der Waals surface area contributed by atoms with Gasteiger partial charge in [0.2, 0.25) is 5.91 Å². The molecule has 1 unspecified atom stereocenters. The standard InChI is InChI=1S/C43H47Cl2N5O4/c1-49(33-15-10-27(26-51)11-16-33)24-31-18-38(44)30(20-41(31)54-3)25-50-39-9-5-7-35(37(39)23-47-50)36-8-4-6-34(43(36)45)28-12-13-29(40(19-28)53-2)21-46-22-32-14-17-42(52)48-32/h4-9,12-13,18-20,23,26-27,32-33,46H,10-11,14-17,21-22,24-25H2,1-3H3,(H,48,52). The Morgan fingerprint density at radius 1 is 0.907 bits per heavy atom. The van der Waals surface area contributed by atoms with Gasteiger partial charge in [0.1, 0.15) is 17.8 Å². The molecule has 0 spiro atoms. The summed E-state index contributed by atoms with van der Waals surface area (Å²) in [5.74, 6) is 1.87. The van der Waals surface area contributed by atoms with Gasteiger partial charge in [0, 0.05) is 76.7 Å². The summed E-state index contributed by atoms with van der Waals surface area (Å²) >= 11 is 14.2. The molecule has 1 atom stereocenters. The van der Waals surface area contributed by atoms with E-state index in [1.165, 1.54) is 0 Å². The lowest BCUT2D eigenvalue weighted by molar-refractivity contribution is -0.119. The first-order chi connectivity index (χ1) is 26.3. The molecule has 7 rings (SSSR count). The first-order valence-electron chi connectivity index (χ1n) is 18.7. The van der Waals surface area contributed by atoms with Crippen molar-refractivity contribution in [1.82, 2.24) is 25.3 Å². The summed E-state index contributed by atoms with van der Waals surface area (Å²) in [6.07, 6.45) is 8.36. The number of rotatable bonds is 14. The van der Waals surface area contributed by atoms with Gasteiger partial charge < -0.3 is 24.9 Å². The number of nitrogens with one attached hydrogen (secondary N) is 2. The lowest BCUT2D eigenvalue weighted by Crippen LogP contribution is -2.35. The van der Waals surface area contributed by atoms with Crippen molar-refractivity contribution in [3.63, 3.8) is 0 Å². The fourth-order valence-corrected chi connectivity index (χ4v) is 8.59. The topological polar surface area (TPSA) is 97.7 Å². The van der Waals surface area contributed by atoms with E-state index in [9.17, 15) is 9.59 Å². The largest absolute Gasteiger partial charge is 0.496 e. The van der Waals surface area contributed by atoms with Crippen LogP contribution in [0.2, 0.25) is 10.0 Å². The van der Waals surface area contributed by atoms with Crippen LogP contribution in [0.15, 0.2) is 72.9 Å². The molecule has 1 aliphatic carbocycles. The van der Waals surface area contributed by atoms with E-state index in [4.69, 9.17) is 37.8 Å². The first-order valence-corrected chi connectivity index (χ1v) is 19.4. The van der Waals surface area contributed by atoms with E-state index >= 15 is 0 Å². The zero-order valence-electron chi connectivity index (χ0n) is 31.0. The van der Waals surface area contributed by atoms with Crippen LogP contribution in [-0.4, -0.2) is 66.8 Å². The third-order valence-electron chi connectivity index (χ3n) is 11.1. The van der Waals surface area contributed by atoms with E-state index in [2.05, 4.69) is 46.8 Å². The molecule has 54 heavy (non-hydrogen) atoms. The Morgan fingerprint density at radius 3 is 2.39 bits per heavy atom. The smallest absolute Gasteiger partial charge is 0.220 e. The molecular weight excluding hydrogens is 721 g/mol. The fraction of sp³-hybridized carbons (Fsp3) is 0.372. The number of fused-ring (bicyclic) bond motifs is 1. The molecule has 4 aromatic carbocycles. The number of benzene rings is 4. The molecule has 1 amide bonds. The second kappa shape index (κ2) is 16.9. The van der Waals surface area contributed by atoms with Crippen molar-refractivity contribution in [2.45, 2.75) is 70.2 Å². The van der Waals surface area contributed by atoms with Gasteiger partial charge >= 0.3 is 0 Å². The number of carbonyl (C=O) groups is 2. The number of amides is 1.